The van der Waals surface area contributed by atoms with Crippen molar-refractivity contribution in [3.05, 3.63) is 28.4 Å². The number of esters is 2. The standard InChI is InChI=1S/C14H19N3O6/c1-3-10(9-23-14(19)7-6-13(18)22-2)16-12-5-4-11(8-15-12)17(20)21/h4-5,8,10H,3,6-7,9H2,1-2H3,(H,15,16). The highest BCUT2D eigenvalue weighted by atomic mass is 16.6. The summed E-state index contributed by atoms with van der Waals surface area (Å²) in [6.07, 6.45) is 1.74. The first-order chi connectivity index (χ1) is 11.0. The average molecular weight is 325 g/mol. The normalized spacial score (nSPS) is 11.4. The highest BCUT2D eigenvalue weighted by Gasteiger charge is 2.13. The third-order valence-electron chi connectivity index (χ3n) is 3.01. The summed E-state index contributed by atoms with van der Waals surface area (Å²) < 4.78 is 9.52. The highest BCUT2D eigenvalue weighted by molar-refractivity contribution is 5.77. The van der Waals surface area contributed by atoms with E-state index in [1.165, 1.54) is 19.2 Å². The van der Waals surface area contributed by atoms with Gasteiger partial charge in [-0.3, -0.25) is 19.7 Å². The number of nitrogens with one attached hydrogen (secondary N) is 1. The van der Waals surface area contributed by atoms with E-state index in [2.05, 4.69) is 15.0 Å². The summed E-state index contributed by atoms with van der Waals surface area (Å²) in [6, 6.07) is 2.63. The lowest BCUT2D eigenvalue weighted by Crippen LogP contribution is -2.27. The summed E-state index contributed by atoms with van der Waals surface area (Å²) in [7, 11) is 1.25. The molecule has 1 N–H and O–H groups in total. The SMILES string of the molecule is CCC(COC(=O)CCC(=O)OC)Nc1ccc([N+](=O)[O-])cn1. The van der Waals surface area contributed by atoms with Crippen molar-refractivity contribution >= 4 is 23.4 Å². The Morgan fingerprint density at radius 3 is 2.57 bits per heavy atom. The Morgan fingerprint density at radius 2 is 2.04 bits per heavy atom. The van der Waals surface area contributed by atoms with Crippen LogP contribution in [0.2, 0.25) is 0 Å². The molecule has 126 valence electrons. The summed E-state index contributed by atoms with van der Waals surface area (Å²) in [5, 5.41) is 13.6. The predicted molar refractivity (Wildman–Crippen MR) is 80.8 cm³/mol. The van der Waals surface area contributed by atoms with Gasteiger partial charge in [0.1, 0.15) is 18.6 Å². The van der Waals surface area contributed by atoms with Crippen molar-refractivity contribution in [3.8, 4) is 0 Å². The molecule has 0 fully saturated rings. The fraction of sp³-hybridized carbons (Fsp3) is 0.500. The van der Waals surface area contributed by atoms with E-state index in [4.69, 9.17) is 4.74 Å². The summed E-state index contributed by atoms with van der Waals surface area (Å²) in [5.41, 5.74) is -0.0992. The van der Waals surface area contributed by atoms with E-state index in [0.717, 1.165) is 6.20 Å². The van der Waals surface area contributed by atoms with Gasteiger partial charge < -0.3 is 14.8 Å². The molecule has 0 saturated heterocycles. The summed E-state index contributed by atoms with van der Waals surface area (Å²) in [5.74, 6) is -0.512. The van der Waals surface area contributed by atoms with Crippen LogP contribution in [-0.2, 0) is 19.1 Å². The minimum atomic E-state index is -0.531. The first-order valence-electron chi connectivity index (χ1n) is 7.05. The van der Waals surface area contributed by atoms with Crippen LogP contribution in [0.5, 0.6) is 0 Å². The number of carbonyl (C=O) groups is 2. The van der Waals surface area contributed by atoms with Crippen molar-refractivity contribution in [1.29, 1.82) is 0 Å². The molecule has 0 amide bonds. The Kier molecular flexibility index (Phi) is 7.44. The first-order valence-corrected chi connectivity index (χ1v) is 7.05. The van der Waals surface area contributed by atoms with Gasteiger partial charge in [0.15, 0.2) is 0 Å². The van der Waals surface area contributed by atoms with Crippen LogP contribution >= 0.6 is 0 Å². The number of nitro groups is 1. The number of ether oxygens (including phenoxy) is 2. The molecule has 0 spiro atoms. The van der Waals surface area contributed by atoms with Crippen molar-refractivity contribution in [2.75, 3.05) is 19.0 Å². The van der Waals surface area contributed by atoms with Gasteiger partial charge in [-0.25, -0.2) is 4.98 Å². The van der Waals surface area contributed by atoms with Gasteiger partial charge in [-0.15, -0.1) is 0 Å². The van der Waals surface area contributed by atoms with Crippen LogP contribution in [0, 0.1) is 10.1 Å². The zero-order valence-electron chi connectivity index (χ0n) is 13.0. The van der Waals surface area contributed by atoms with Gasteiger partial charge >= 0.3 is 11.9 Å². The molecule has 0 saturated carbocycles. The second kappa shape index (κ2) is 9.34. The predicted octanol–water partition coefficient (Wildman–Crippen LogP) is 1.68. The maximum atomic E-state index is 11.5. The molecule has 0 aromatic carbocycles. The molecule has 0 aliphatic carbocycles. The van der Waals surface area contributed by atoms with Crippen molar-refractivity contribution in [2.24, 2.45) is 0 Å². The molecular weight excluding hydrogens is 306 g/mol. The number of hydrogen-bond donors (Lipinski definition) is 1. The Morgan fingerprint density at radius 1 is 1.35 bits per heavy atom. The smallest absolute Gasteiger partial charge is 0.306 e. The van der Waals surface area contributed by atoms with Crippen LogP contribution < -0.4 is 5.32 Å². The molecule has 9 heteroatoms. The molecule has 1 heterocycles. The second-order valence-electron chi connectivity index (χ2n) is 4.67. The molecule has 1 aromatic rings. The first kappa shape index (κ1) is 18.3. The highest BCUT2D eigenvalue weighted by Crippen LogP contribution is 2.13. The number of carbonyl (C=O) groups excluding carboxylic acids is 2. The van der Waals surface area contributed by atoms with E-state index in [1.54, 1.807) is 0 Å². The minimum Gasteiger partial charge on any atom is -0.469 e. The van der Waals surface area contributed by atoms with E-state index < -0.39 is 16.9 Å². The molecule has 9 nitrogen and oxygen atoms in total. The van der Waals surface area contributed by atoms with Crippen LogP contribution in [0.1, 0.15) is 26.2 Å². The van der Waals surface area contributed by atoms with Crippen LogP contribution in [0.15, 0.2) is 18.3 Å². The van der Waals surface area contributed by atoms with Gasteiger partial charge in [0.25, 0.3) is 5.69 Å². The number of aromatic nitrogens is 1. The molecule has 0 aliphatic heterocycles. The number of anilines is 1. The van der Waals surface area contributed by atoms with Crippen LogP contribution in [0.4, 0.5) is 11.5 Å². The number of nitrogens with zero attached hydrogens (tertiary/aromatic N) is 2. The molecule has 0 radical (unpaired) electrons. The quantitative estimate of drug-likeness (QED) is 0.413. The summed E-state index contributed by atoms with van der Waals surface area (Å²) in [4.78, 5) is 36.4. The van der Waals surface area contributed by atoms with E-state index in [9.17, 15) is 19.7 Å². The lowest BCUT2D eigenvalue weighted by Gasteiger charge is -2.17. The number of rotatable bonds is 9. The van der Waals surface area contributed by atoms with Crippen LogP contribution in [0.3, 0.4) is 0 Å². The number of pyridine rings is 1. The van der Waals surface area contributed by atoms with E-state index in [0.29, 0.717) is 12.2 Å². The van der Waals surface area contributed by atoms with Crippen molar-refractivity contribution in [1.82, 2.24) is 4.98 Å². The summed E-state index contributed by atoms with van der Waals surface area (Å²) in [6.45, 7) is 2.00. The fourth-order valence-corrected chi connectivity index (χ4v) is 1.62. The fourth-order valence-electron chi connectivity index (χ4n) is 1.62. The maximum absolute atomic E-state index is 11.5. The topological polar surface area (TPSA) is 121 Å². The number of hydrogen-bond acceptors (Lipinski definition) is 8. The minimum absolute atomic E-state index is 0.0243. The Bertz CT molecular complexity index is 546. The third-order valence-corrected chi connectivity index (χ3v) is 3.01. The van der Waals surface area contributed by atoms with Crippen molar-refractivity contribution in [2.45, 2.75) is 32.2 Å². The Labute approximate surface area is 133 Å². The van der Waals surface area contributed by atoms with E-state index in [-0.39, 0.29) is 31.2 Å². The maximum Gasteiger partial charge on any atom is 0.306 e. The largest absolute Gasteiger partial charge is 0.469 e. The van der Waals surface area contributed by atoms with Gasteiger partial charge in [-0.1, -0.05) is 6.92 Å². The second-order valence-corrected chi connectivity index (χ2v) is 4.67. The van der Waals surface area contributed by atoms with Crippen LogP contribution in [-0.4, -0.2) is 41.6 Å². The third kappa shape index (κ3) is 6.72. The molecule has 1 atom stereocenters. The molecule has 23 heavy (non-hydrogen) atoms. The van der Waals surface area contributed by atoms with E-state index in [1.807, 2.05) is 6.92 Å². The zero-order chi connectivity index (χ0) is 17.2. The van der Waals surface area contributed by atoms with Crippen molar-refractivity contribution < 1.29 is 24.0 Å². The zero-order valence-corrected chi connectivity index (χ0v) is 13.0. The molecule has 1 unspecified atom stereocenters. The lowest BCUT2D eigenvalue weighted by atomic mass is 10.2. The molecule has 1 aromatic heterocycles. The summed E-state index contributed by atoms with van der Waals surface area (Å²) >= 11 is 0. The van der Waals surface area contributed by atoms with Gasteiger partial charge in [0.05, 0.1) is 30.9 Å². The lowest BCUT2D eigenvalue weighted by molar-refractivity contribution is -0.385. The van der Waals surface area contributed by atoms with Gasteiger partial charge in [0.2, 0.25) is 0 Å². The molecule has 1 rings (SSSR count). The van der Waals surface area contributed by atoms with Gasteiger partial charge in [-0.2, -0.15) is 0 Å². The monoisotopic (exact) mass is 325 g/mol. The molecule has 0 bridgehead atoms. The van der Waals surface area contributed by atoms with E-state index >= 15 is 0 Å². The Balaban J connectivity index is 2.43. The number of methoxy groups -OCH3 is 1. The average Bonchev–Trinajstić information content (AvgIpc) is 2.56. The van der Waals surface area contributed by atoms with Gasteiger partial charge in [0, 0.05) is 6.07 Å². The Hall–Kier alpha value is -2.71. The van der Waals surface area contributed by atoms with Crippen molar-refractivity contribution in [3.63, 3.8) is 0 Å². The molecule has 0 aliphatic rings. The van der Waals surface area contributed by atoms with Crippen LogP contribution in [0.25, 0.3) is 0 Å². The van der Waals surface area contributed by atoms with Gasteiger partial charge in [-0.05, 0) is 12.5 Å². The molecular formula is C14H19N3O6.